The maximum Gasteiger partial charge on any atom is 0.0501 e. The molecule has 0 bridgehead atoms. The molecule has 2 heterocycles. The van der Waals surface area contributed by atoms with E-state index in [1.165, 1.54) is 33.8 Å². The molecule has 0 amide bonds. The van der Waals surface area contributed by atoms with E-state index >= 15 is 0 Å². The second kappa shape index (κ2) is 4.22. The smallest absolute Gasteiger partial charge is 0.0501 e. The number of aromatic amines is 1. The van der Waals surface area contributed by atoms with Gasteiger partial charge in [-0.05, 0) is 53.3 Å². The predicted octanol–water partition coefficient (Wildman–Crippen LogP) is 3.40. The first-order chi connectivity index (χ1) is 7.86. The Morgan fingerprint density at radius 1 is 1.19 bits per heavy atom. The molecule has 1 aromatic heterocycles. The molecule has 3 heteroatoms. The largest absolute Gasteiger partial charge is 0.360 e. The fraction of sp³-hybridized carbons (Fsp3) is 0.385. The number of H-pyrrole nitrogens is 1. The summed E-state index contributed by atoms with van der Waals surface area (Å²) in [6.45, 7) is 2.28. The van der Waals surface area contributed by atoms with Gasteiger partial charge >= 0.3 is 0 Å². The summed E-state index contributed by atoms with van der Waals surface area (Å²) in [7, 11) is 0. The normalized spacial score (nSPS) is 18.1. The van der Waals surface area contributed by atoms with Gasteiger partial charge < -0.3 is 10.3 Å². The van der Waals surface area contributed by atoms with Crippen LogP contribution in [0.1, 0.15) is 24.3 Å². The molecular formula is C13H15BrN2. The van der Waals surface area contributed by atoms with Gasteiger partial charge in [-0.25, -0.2) is 0 Å². The number of hydrogen-bond donors (Lipinski definition) is 2. The van der Waals surface area contributed by atoms with Gasteiger partial charge in [0, 0.05) is 16.1 Å². The minimum atomic E-state index is 0.704. The molecule has 3 rings (SSSR count). The number of benzene rings is 1. The van der Waals surface area contributed by atoms with Gasteiger partial charge in [-0.2, -0.15) is 0 Å². The number of hydrogen-bond acceptors (Lipinski definition) is 1. The van der Waals surface area contributed by atoms with Gasteiger partial charge in [0.1, 0.15) is 0 Å². The summed E-state index contributed by atoms with van der Waals surface area (Å²) in [5.41, 5.74) is 2.78. The first-order valence-corrected chi connectivity index (χ1v) is 6.62. The molecule has 1 aromatic carbocycles. The molecule has 0 unspecified atom stereocenters. The Kier molecular flexibility index (Phi) is 2.74. The van der Waals surface area contributed by atoms with Gasteiger partial charge in [0.05, 0.1) is 5.52 Å². The van der Waals surface area contributed by atoms with Crippen molar-refractivity contribution in [3.8, 4) is 0 Å². The molecule has 1 fully saturated rings. The minimum absolute atomic E-state index is 0.704. The maximum absolute atomic E-state index is 3.58. The molecule has 0 aliphatic carbocycles. The number of fused-ring (bicyclic) bond motifs is 1. The average Bonchev–Trinajstić information content (AvgIpc) is 2.73. The Morgan fingerprint density at radius 2 is 2.00 bits per heavy atom. The highest BCUT2D eigenvalue weighted by atomic mass is 79.9. The molecule has 1 aliphatic rings. The molecular weight excluding hydrogens is 264 g/mol. The van der Waals surface area contributed by atoms with E-state index in [9.17, 15) is 0 Å². The van der Waals surface area contributed by atoms with Crippen LogP contribution in [0.3, 0.4) is 0 Å². The van der Waals surface area contributed by atoms with Gasteiger partial charge in [0.25, 0.3) is 0 Å². The number of nitrogens with one attached hydrogen (secondary N) is 2. The third kappa shape index (κ3) is 1.68. The Hall–Kier alpha value is -0.800. The minimum Gasteiger partial charge on any atom is -0.360 e. The van der Waals surface area contributed by atoms with Crippen LogP contribution in [0.4, 0.5) is 0 Å². The van der Waals surface area contributed by atoms with Crippen molar-refractivity contribution in [1.82, 2.24) is 10.3 Å². The fourth-order valence-corrected chi connectivity index (χ4v) is 3.06. The molecule has 2 aromatic rings. The lowest BCUT2D eigenvalue weighted by molar-refractivity contribution is 0.462. The van der Waals surface area contributed by atoms with Crippen LogP contribution in [0, 0.1) is 0 Å². The first kappa shape index (κ1) is 10.4. The van der Waals surface area contributed by atoms with Crippen molar-refractivity contribution < 1.29 is 0 Å². The van der Waals surface area contributed by atoms with E-state index < -0.39 is 0 Å². The summed E-state index contributed by atoms with van der Waals surface area (Å²) in [4.78, 5) is 3.39. The third-order valence-electron chi connectivity index (χ3n) is 3.48. The van der Waals surface area contributed by atoms with E-state index in [0.29, 0.717) is 5.92 Å². The summed E-state index contributed by atoms with van der Waals surface area (Å²) >= 11 is 3.58. The summed E-state index contributed by atoms with van der Waals surface area (Å²) in [6.07, 6.45) is 4.53. The Labute approximate surface area is 104 Å². The Morgan fingerprint density at radius 3 is 2.81 bits per heavy atom. The summed E-state index contributed by atoms with van der Waals surface area (Å²) in [5, 5.41) is 4.72. The second-order valence-electron chi connectivity index (χ2n) is 4.43. The number of piperidine rings is 1. The Bertz CT molecular complexity index is 498. The van der Waals surface area contributed by atoms with Crippen LogP contribution in [0.5, 0.6) is 0 Å². The number of halogens is 1. The summed E-state index contributed by atoms with van der Waals surface area (Å²) < 4.78 is 1.17. The van der Waals surface area contributed by atoms with Gasteiger partial charge in [-0.15, -0.1) is 0 Å². The molecule has 2 nitrogen and oxygen atoms in total. The number of aromatic nitrogens is 1. The van der Waals surface area contributed by atoms with Crippen molar-refractivity contribution in [3.05, 3.63) is 34.4 Å². The molecule has 1 saturated heterocycles. The highest BCUT2D eigenvalue weighted by Crippen LogP contribution is 2.33. The van der Waals surface area contributed by atoms with Crippen molar-refractivity contribution in [2.45, 2.75) is 18.8 Å². The van der Waals surface area contributed by atoms with Crippen molar-refractivity contribution in [1.29, 1.82) is 0 Å². The van der Waals surface area contributed by atoms with E-state index in [0.717, 1.165) is 13.1 Å². The molecule has 0 atom stereocenters. The third-order valence-corrected chi connectivity index (χ3v) is 4.13. The van der Waals surface area contributed by atoms with E-state index in [1.54, 1.807) is 0 Å². The standard InChI is InChI=1S/C13H15BrN2/c14-12-8-16-13-10(2-1-3-11(12)13)9-4-6-15-7-5-9/h1-3,8-9,15-16H,4-7H2. The van der Waals surface area contributed by atoms with Crippen LogP contribution in [0.15, 0.2) is 28.9 Å². The van der Waals surface area contributed by atoms with E-state index in [1.807, 2.05) is 6.20 Å². The van der Waals surface area contributed by atoms with Gasteiger partial charge in [-0.3, -0.25) is 0 Å². The zero-order valence-electron chi connectivity index (χ0n) is 9.09. The molecule has 16 heavy (non-hydrogen) atoms. The van der Waals surface area contributed by atoms with Crippen molar-refractivity contribution in [2.75, 3.05) is 13.1 Å². The lowest BCUT2D eigenvalue weighted by Crippen LogP contribution is -2.26. The van der Waals surface area contributed by atoms with Crippen LogP contribution in [-0.4, -0.2) is 18.1 Å². The van der Waals surface area contributed by atoms with Gasteiger partial charge in [-0.1, -0.05) is 18.2 Å². The van der Waals surface area contributed by atoms with Crippen LogP contribution in [0.25, 0.3) is 10.9 Å². The predicted molar refractivity (Wildman–Crippen MR) is 70.8 cm³/mol. The second-order valence-corrected chi connectivity index (χ2v) is 5.29. The van der Waals surface area contributed by atoms with Crippen LogP contribution < -0.4 is 5.32 Å². The summed E-state index contributed by atoms with van der Waals surface area (Å²) in [6, 6.07) is 6.60. The molecule has 0 saturated carbocycles. The van der Waals surface area contributed by atoms with Gasteiger partial charge in [0.15, 0.2) is 0 Å². The van der Waals surface area contributed by atoms with Gasteiger partial charge in [0.2, 0.25) is 0 Å². The van der Waals surface area contributed by atoms with Crippen molar-refractivity contribution >= 4 is 26.8 Å². The van der Waals surface area contributed by atoms with E-state index in [2.05, 4.69) is 44.4 Å². The highest BCUT2D eigenvalue weighted by molar-refractivity contribution is 9.10. The van der Waals surface area contributed by atoms with Crippen molar-refractivity contribution in [3.63, 3.8) is 0 Å². The number of para-hydroxylation sites is 1. The fourth-order valence-electron chi connectivity index (χ4n) is 2.62. The van der Waals surface area contributed by atoms with Crippen LogP contribution in [0.2, 0.25) is 0 Å². The quantitative estimate of drug-likeness (QED) is 0.822. The lowest BCUT2D eigenvalue weighted by Gasteiger charge is -2.23. The molecule has 2 N–H and O–H groups in total. The highest BCUT2D eigenvalue weighted by Gasteiger charge is 2.18. The topological polar surface area (TPSA) is 27.8 Å². The Balaban J connectivity index is 2.08. The monoisotopic (exact) mass is 278 g/mol. The maximum atomic E-state index is 3.58. The zero-order chi connectivity index (χ0) is 11.0. The SMILES string of the molecule is Brc1c[nH]c2c(C3CCNCC3)cccc12. The zero-order valence-corrected chi connectivity index (χ0v) is 10.7. The molecule has 0 spiro atoms. The van der Waals surface area contributed by atoms with Crippen LogP contribution in [-0.2, 0) is 0 Å². The number of rotatable bonds is 1. The molecule has 0 radical (unpaired) electrons. The molecule has 1 aliphatic heterocycles. The lowest BCUT2D eigenvalue weighted by atomic mass is 9.89. The average molecular weight is 279 g/mol. The van der Waals surface area contributed by atoms with Crippen LogP contribution >= 0.6 is 15.9 Å². The van der Waals surface area contributed by atoms with Crippen molar-refractivity contribution in [2.24, 2.45) is 0 Å². The van der Waals surface area contributed by atoms with E-state index in [4.69, 9.17) is 0 Å². The molecule has 84 valence electrons. The first-order valence-electron chi connectivity index (χ1n) is 5.82. The summed E-state index contributed by atoms with van der Waals surface area (Å²) in [5.74, 6) is 0.704. The van der Waals surface area contributed by atoms with E-state index in [-0.39, 0.29) is 0 Å².